The number of anilines is 2. The third-order valence-corrected chi connectivity index (χ3v) is 6.30. The molecule has 0 bridgehead atoms. The monoisotopic (exact) mass is 437 g/mol. The average Bonchev–Trinajstić information content (AvgIpc) is 3.29. The Morgan fingerprint density at radius 3 is 2.58 bits per heavy atom. The molecular formula is C24H27N3O3S. The number of carbonyl (C=O) groups excluding carboxylic acids is 1. The van der Waals surface area contributed by atoms with Crippen molar-refractivity contribution in [3.8, 4) is 17.0 Å². The van der Waals surface area contributed by atoms with Gasteiger partial charge >= 0.3 is 0 Å². The smallest absolute Gasteiger partial charge is 0.245 e. The first-order valence-corrected chi connectivity index (χ1v) is 11.3. The van der Waals surface area contributed by atoms with Crippen LogP contribution in [0, 0.1) is 6.92 Å². The van der Waals surface area contributed by atoms with E-state index in [1.165, 1.54) is 16.9 Å². The van der Waals surface area contributed by atoms with E-state index in [2.05, 4.69) is 31.2 Å². The lowest BCUT2D eigenvalue weighted by Gasteiger charge is -2.34. The van der Waals surface area contributed by atoms with Crippen LogP contribution in [0.15, 0.2) is 53.9 Å². The number of amides is 1. The van der Waals surface area contributed by atoms with Crippen molar-refractivity contribution in [1.82, 2.24) is 9.88 Å². The summed E-state index contributed by atoms with van der Waals surface area (Å²) in [5.74, 6) is 0.762. The van der Waals surface area contributed by atoms with Crippen LogP contribution in [-0.2, 0) is 9.53 Å². The summed E-state index contributed by atoms with van der Waals surface area (Å²) < 4.78 is 11.0. The summed E-state index contributed by atoms with van der Waals surface area (Å²) in [5.41, 5.74) is 3.98. The van der Waals surface area contributed by atoms with Crippen LogP contribution >= 0.6 is 11.3 Å². The Balaban J connectivity index is 1.72. The minimum atomic E-state index is -0.439. The number of methoxy groups -OCH3 is 1. The number of carbonyl (C=O) groups is 1. The molecule has 1 fully saturated rings. The zero-order valence-electron chi connectivity index (χ0n) is 18.1. The molecule has 1 aliphatic heterocycles. The molecule has 1 atom stereocenters. The normalized spacial score (nSPS) is 14.9. The number of morpholine rings is 1. The molecule has 162 valence electrons. The van der Waals surface area contributed by atoms with Crippen molar-refractivity contribution in [3.05, 3.63) is 59.5 Å². The highest BCUT2D eigenvalue weighted by molar-refractivity contribution is 7.14. The Morgan fingerprint density at radius 2 is 1.87 bits per heavy atom. The van der Waals surface area contributed by atoms with Gasteiger partial charge in [0.25, 0.3) is 0 Å². The number of thiazole rings is 1. The summed E-state index contributed by atoms with van der Waals surface area (Å²) in [5, 5.41) is 2.79. The third-order valence-electron chi connectivity index (χ3n) is 5.46. The van der Waals surface area contributed by atoms with Crippen LogP contribution in [0.4, 0.5) is 10.8 Å². The predicted molar refractivity (Wildman–Crippen MR) is 124 cm³/mol. The van der Waals surface area contributed by atoms with E-state index < -0.39 is 6.04 Å². The first-order valence-electron chi connectivity index (χ1n) is 10.4. The Kier molecular flexibility index (Phi) is 6.53. The van der Waals surface area contributed by atoms with Crippen molar-refractivity contribution in [2.75, 3.05) is 38.3 Å². The largest absolute Gasteiger partial charge is 0.495 e. The second-order valence-corrected chi connectivity index (χ2v) is 8.37. The molecule has 0 radical (unpaired) electrons. The fourth-order valence-electron chi connectivity index (χ4n) is 3.70. The first-order chi connectivity index (χ1) is 15.1. The highest BCUT2D eigenvalue weighted by Gasteiger charge is 2.31. The van der Waals surface area contributed by atoms with Gasteiger partial charge in [-0.05, 0) is 26.0 Å². The van der Waals surface area contributed by atoms with E-state index in [-0.39, 0.29) is 5.91 Å². The maximum atomic E-state index is 13.4. The van der Waals surface area contributed by atoms with Crippen LogP contribution in [0.1, 0.15) is 12.5 Å². The molecule has 0 saturated carbocycles. The Labute approximate surface area is 187 Å². The number of nitrogens with zero attached hydrogens (tertiary/aromatic N) is 3. The van der Waals surface area contributed by atoms with E-state index in [1.54, 1.807) is 7.11 Å². The van der Waals surface area contributed by atoms with E-state index in [0.29, 0.717) is 32.1 Å². The molecular weight excluding hydrogens is 410 g/mol. The highest BCUT2D eigenvalue weighted by Crippen LogP contribution is 2.38. The number of rotatable bonds is 6. The quantitative estimate of drug-likeness (QED) is 0.568. The maximum Gasteiger partial charge on any atom is 0.245 e. The molecule has 2 heterocycles. The number of benzene rings is 2. The molecule has 1 amide bonds. The minimum Gasteiger partial charge on any atom is -0.495 e. The van der Waals surface area contributed by atoms with E-state index in [9.17, 15) is 4.79 Å². The topological polar surface area (TPSA) is 54.9 Å². The van der Waals surface area contributed by atoms with E-state index in [4.69, 9.17) is 14.5 Å². The van der Waals surface area contributed by atoms with Crippen LogP contribution in [0.3, 0.4) is 0 Å². The summed E-state index contributed by atoms with van der Waals surface area (Å²) in [6, 6.07) is 15.6. The number of ether oxygens (including phenoxy) is 2. The number of aromatic nitrogens is 1. The van der Waals surface area contributed by atoms with Gasteiger partial charge in [-0.15, -0.1) is 11.3 Å². The van der Waals surface area contributed by atoms with Gasteiger partial charge in [0.05, 0.1) is 31.7 Å². The summed E-state index contributed by atoms with van der Waals surface area (Å²) >= 11 is 1.53. The van der Waals surface area contributed by atoms with Crippen molar-refractivity contribution in [3.63, 3.8) is 0 Å². The zero-order chi connectivity index (χ0) is 21.8. The van der Waals surface area contributed by atoms with Crippen molar-refractivity contribution in [2.24, 2.45) is 0 Å². The first kappa shape index (κ1) is 21.3. The fraction of sp³-hybridized carbons (Fsp3) is 0.333. The lowest BCUT2D eigenvalue weighted by molar-refractivity contribution is -0.136. The van der Waals surface area contributed by atoms with Gasteiger partial charge in [-0.1, -0.05) is 42.0 Å². The fourth-order valence-corrected chi connectivity index (χ4v) is 4.62. The van der Waals surface area contributed by atoms with Crippen LogP contribution in [0.2, 0.25) is 0 Å². The second kappa shape index (κ2) is 9.49. The van der Waals surface area contributed by atoms with E-state index >= 15 is 0 Å². The van der Waals surface area contributed by atoms with Crippen molar-refractivity contribution >= 4 is 28.1 Å². The summed E-state index contributed by atoms with van der Waals surface area (Å²) in [6.07, 6.45) is 0. The Morgan fingerprint density at radius 1 is 1.16 bits per heavy atom. The van der Waals surface area contributed by atoms with Gasteiger partial charge < -0.3 is 19.3 Å². The molecule has 4 rings (SSSR count). The molecule has 1 saturated heterocycles. The van der Waals surface area contributed by atoms with Crippen LogP contribution < -0.4 is 9.64 Å². The molecule has 1 aromatic heterocycles. The lowest BCUT2D eigenvalue weighted by Crippen LogP contribution is -2.49. The van der Waals surface area contributed by atoms with Gasteiger partial charge in [-0.2, -0.15) is 0 Å². The molecule has 0 aliphatic carbocycles. The van der Waals surface area contributed by atoms with E-state index in [1.807, 2.05) is 46.4 Å². The van der Waals surface area contributed by atoms with Crippen LogP contribution in [-0.4, -0.2) is 55.2 Å². The molecule has 0 unspecified atom stereocenters. The van der Waals surface area contributed by atoms with E-state index in [0.717, 1.165) is 22.1 Å². The lowest BCUT2D eigenvalue weighted by atomic mass is 10.1. The SMILES string of the molecule is COc1ccccc1N(c1nc(-c2ccc(C)cc2)cs1)[C@@H](C)C(=O)N1CCOCC1. The summed E-state index contributed by atoms with van der Waals surface area (Å²) in [4.78, 5) is 22.1. The molecule has 31 heavy (non-hydrogen) atoms. The average molecular weight is 438 g/mol. The standard InChI is InChI=1S/C24H27N3O3S/c1-17-8-10-19(11-9-17)20-16-31-24(25-20)27(21-6-4-5-7-22(21)29-3)18(2)23(28)26-12-14-30-15-13-26/h4-11,16,18H,12-15H2,1-3H3/t18-/m0/s1. The highest BCUT2D eigenvalue weighted by atomic mass is 32.1. The van der Waals surface area contributed by atoms with Gasteiger partial charge in [-0.25, -0.2) is 4.98 Å². The Hall–Kier alpha value is -2.90. The Bertz CT molecular complexity index is 1030. The molecule has 1 aliphatic rings. The molecule has 6 nitrogen and oxygen atoms in total. The molecule has 2 aromatic carbocycles. The molecule has 7 heteroatoms. The summed E-state index contributed by atoms with van der Waals surface area (Å²) in [6.45, 7) is 6.35. The zero-order valence-corrected chi connectivity index (χ0v) is 18.9. The molecule has 0 spiro atoms. The maximum absolute atomic E-state index is 13.4. The van der Waals surface area contributed by atoms with Gasteiger partial charge in [0.15, 0.2) is 5.13 Å². The number of hydrogen-bond donors (Lipinski definition) is 0. The number of hydrogen-bond acceptors (Lipinski definition) is 6. The van der Waals surface area contributed by atoms with Gasteiger partial charge in [-0.3, -0.25) is 4.79 Å². The molecule has 0 N–H and O–H groups in total. The number of aryl methyl sites for hydroxylation is 1. The minimum absolute atomic E-state index is 0.0568. The van der Waals surface area contributed by atoms with Crippen LogP contribution in [0.25, 0.3) is 11.3 Å². The van der Waals surface area contributed by atoms with Crippen LogP contribution in [0.5, 0.6) is 5.75 Å². The summed E-state index contributed by atoms with van der Waals surface area (Å²) in [7, 11) is 1.64. The number of para-hydroxylation sites is 2. The van der Waals surface area contributed by atoms with Crippen molar-refractivity contribution in [1.29, 1.82) is 0 Å². The van der Waals surface area contributed by atoms with Crippen molar-refractivity contribution in [2.45, 2.75) is 19.9 Å². The van der Waals surface area contributed by atoms with Crippen molar-refractivity contribution < 1.29 is 14.3 Å². The van der Waals surface area contributed by atoms with Gasteiger partial charge in [0, 0.05) is 24.0 Å². The second-order valence-electron chi connectivity index (χ2n) is 7.54. The molecule has 3 aromatic rings. The van der Waals surface area contributed by atoms with Gasteiger partial charge in [0.1, 0.15) is 11.8 Å². The predicted octanol–water partition coefficient (Wildman–Crippen LogP) is 4.51. The third kappa shape index (κ3) is 4.57. The van der Waals surface area contributed by atoms with Gasteiger partial charge in [0.2, 0.25) is 5.91 Å².